The first-order valence-corrected chi connectivity index (χ1v) is 11.5. The molecule has 1 fully saturated rings. The van der Waals surface area contributed by atoms with Gasteiger partial charge in [0.1, 0.15) is 5.82 Å². The molecule has 0 spiro atoms. The summed E-state index contributed by atoms with van der Waals surface area (Å²) in [7, 11) is 1.61. The van der Waals surface area contributed by atoms with E-state index in [2.05, 4.69) is 17.2 Å². The Morgan fingerprint density at radius 2 is 1.85 bits per heavy atom. The van der Waals surface area contributed by atoms with Gasteiger partial charge >= 0.3 is 5.69 Å². The molecule has 2 heterocycles. The Bertz CT molecular complexity index is 1140. The lowest BCUT2D eigenvalue weighted by Crippen LogP contribution is -2.39. The molecule has 1 aliphatic rings. The van der Waals surface area contributed by atoms with E-state index in [-0.39, 0.29) is 11.5 Å². The second kappa shape index (κ2) is 9.47. The molecule has 1 aliphatic carbocycles. The number of aromatic nitrogens is 4. The average molecular weight is 454 g/mol. The lowest BCUT2D eigenvalue weighted by Gasteiger charge is -2.26. The average Bonchev–Trinajstić information content (AvgIpc) is 3.14. The number of hydrogen-bond donors (Lipinski definition) is 1. The van der Waals surface area contributed by atoms with E-state index in [0.29, 0.717) is 35.7 Å². The van der Waals surface area contributed by atoms with Crippen LogP contribution in [0.4, 0.5) is 10.3 Å². The van der Waals surface area contributed by atoms with Crippen LogP contribution in [-0.4, -0.2) is 38.9 Å². The molecule has 0 unspecified atom stereocenters. The second-order valence-corrected chi connectivity index (χ2v) is 9.59. The molecule has 0 amide bonds. The van der Waals surface area contributed by atoms with Gasteiger partial charge < -0.3 is 10.1 Å². The molecule has 4 rings (SSSR count). The van der Waals surface area contributed by atoms with Crippen molar-refractivity contribution < 1.29 is 9.13 Å². The Hall–Kier alpha value is -3.00. The van der Waals surface area contributed by atoms with Gasteiger partial charge in [0.25, 0.3) is 0 Å². The fraction of sp³-hybridized carbons (Fsp3) is 0.480. The first-order chi connectivity index (χ1) is 15.8. The number of nitrogens with one attached hydrogen (secondary N) is 1. The normalized spacial score (nSPS) is 18.9. The zero-order valence-electron chi connectivity index (χ0n) is 19.7. The second-order valence-electron chi connectivity index (χ2n) is 9.59. The molecule has 0 aliphatic heterocycles. The highest BCUT2D eigenvalue weighted by atomic mass is 19.1. The van der Waals surface area contributed by atoms with Crippen LogP contribution in [0.3, 0.4) is 0 Å². The van der Waals surface area contributed by atoms with Crippen LogP contribution in [0.15, 0.2) is 47.5 Å². The Morgan fingerprint density at radius 1 is 1.15 bits per heavy atom. The Labute approximate surface area is 193 Å². The summed E-state index contributed by atoms with van der Waals surface area (Å²) < 4.78 is 22.1. The molecule has 0 saturated heterocycles. The van der Waals surface area contributed by atoms with Crippen molar-refractivity contribution in [2.75, 3.05) is 19.0 Å². The molecule has 1 saturated carbocycles. The summed E-state index contributed by atoms with van der Waals surface area (Å²) in [6.45, 7) is 6.52. The fourth-order valence-electron chi connectivity index (χ4n) is 4.48. The van der Waals surface area contributed by atoms with E-state index >= 15 is 0 Å². The summed E-state index contributed by atoms with van der Waals surface area (Å²) in [6.07, 6.45) is 8.07. The van der Waals surface area contributed by atoms with E-state index < -0.39 is 5.54 Å². The van der Waals surface area contributed by atoms with E-state index in [1.54, 1.807) is 46.8 Å². The van der Waals surface area contributed by atoms with Crippen LogP contribution in [-0.2, 0) is 10.3 Å². The SMILES string of the molecule is COCC(C)(C)n1cc(-c2ccnc(NC3CCC(C)CC3)n2)n(-c2ccc(F)cc2)c1=O. The monoisotopic (exact) mass is 453 g/mol. The van der Waals surface area contributed by atoms with Crippen LogP contribution >= 0.6 is 0 Å². The van der Waals surface area contributed by atoms with Gasteiger partial charge in [-0.1, -0.05) is 6.92 Å². The molecule has 1 aromatic carbocycles. The van der Waals surface area contributed by atoms with E-state index in [4.69, 9.17) is 9.72 Å². The van der Waals surface area contributed by atoms with Crippen molar-refractivity contribution in [3.63, 3.8) is 0 Å². The maximum Gasteiger partial charge on any atom is 0.333 e. The number of hydrogen-bond acceptors (Lipinski definition) is 5. The van der Waals surface area contributed by atoms with Gasteiger partial charge in [-0.15, -0.1) is 0 Å². The maximum absolute atomic E-state index is 13.6. The van der Waals surface area contributed by atoms with Crippen LogP contribution in [0.25, 0.3) is 17.1 Å². The quantitative estimate of drug-likeness (QED) is 0.566. The summed E-state index contributed by atoms with van der Waals surface area (Å²) in [5.41, 5.74) is 0.966. The molecule has 176 valence electrons. The van der Waals surface area contributed by atoms with Crippen molar-refractivity contribution in [1.82, 2.24) is 19.1 Å². The Morgan fingerprint density at radius 3 is 2.52 bits per heavy atom. The van der Waals surface area contributed by atoms with Crippen molar-refractivity contribution in [2.24, 2.45) is 5.92 Å². The van der Waals surface area contributed by atoms with E-state index in [1.165, 1.54) is 25.0 Å². The van der Waals surface area contributed by atoms with Crippen molar-refractivity contribution >= 4 is 5.95 Å². The third-order valence-electron chi connectivity index (χ3n) is 6.39. The van der Waals surface area contributed by atoms with Crippen LogP contribution in [0.5, 0.6) is 0 Å². The third-order valence-corrected chi connectivity index (χ3v) is 6.39. The largest absolute Gasteiger partial charge is 0.382 e. The molecular weight excluding hydrogens is 421 g/mol. The number of ether oxygens (including phenoxy) is 1. The van der Waals surface area contributed by atoms with E-state index in [0.717, 1.165) is 18.8 Å². The molecule has 0 bridgehead atoms. The first kappa shape index (κ1) is 23.2. The molecular formula is C25H32FN5O2. The predicted octanol–water partition coefficient (Wildman–Crippen LogP) is 4.61. The van der Waals surface area contributed by atoms with Crippen molar-refractivity contribution in [3.05, 3.63) is 59.0 Å². The number of methoxy groups -OCH3 is 1. The molecule has 7 nitrogen and oxygen atoms in total. The standard InChI is InChI=1S/C25H32FN5O2/c1-17-5-9-19(10-6-17)28-23-27-14-13-21(29-23)22-15-30(25(2,3)16-33-4)24(32)31(22)20-11-7-18(26)8-12-20/h7-8,11-15,17,19H,5-6,9-10,16H2,1-4H3,(H,27,28,29). The summed E-state index contributed by atoms with van der Waals surface area (Å²) >= 11 is 0. The maximum atomic E-state index is 13.6. The van der Waals surface area contributed by atoms with Crippen LogP contribution in [0.1, 0.15) is 46.5 Å². The van der Waals surface area contributed by atoms with Crippen LogP contribution < -0.4 is 11.0 Å². The van der Waals surface area contributed by atoms with Gasteiger partial charge in [-0.2, -0.15) is 0 Å². The van der Waals surface area contributed by atoms with Crippen molar-refractivity contribution in [3.8, 4) is 17.1 Å². The summed E-state index contributed by atoms with van der Waals surface area (Å²) in [5.74, 6) is 0.951. The van der Waals surface area contributed by atoms with Crippen LogP contribution in [0, 0.1) is 11.7 Å². The molecule has 2 aromatic heterocycles. The summed E-state index contributed by atoms with van der Waals surface area (Å²) in [4.78, 5) is 22.7. The Balaban J connectivity index is 1.76. The molecule has 8 heteroatoms. The van der Waals surface area contributed by atoms with Gasteiger partial charge in [0.15, 0.2) is 0 Å². The topological polar surface area (TPSA) is 74.0 Å². The van der Waals surface area contributed by atoms with Crippen molar-refractivity contribution in [2.45, 2.75) is 58.0 Å². The van der Waals surface area contributed by atoms with E-state index in [1.807, 2.05) is 13.8 Å². The number of nitrogens with zero attached hydrogens (tertiary/aromatic N) is 4. The number of benzene rings is 1. The van der Waals surface area contributed by atoms with Gasteiger partial charge in [-0.05, 0) is 75.8 Å². The Kier molecular flexibility index (Phi) is 6.65. The number of imidazole rings is 1. The van der Waals surface area contributed by atoms with Gasteiger partial charge in [-0.25, -0.2) is 19.2 Å². The lowest BCUT2D eigenvalue weighted by atomic mass is 9.87. The summed E-state index contributed by atoms with van der Waals surface area (Å²) in [5, 5.41) is 3.46. The minimum absolute atomic E-state index is 0.243. The predicted molar refractivity (Wildman–Crippen MR) is 127 cm³/mol. The number of rotatable bonds is 7. The zero-order valence-corrected chi connectivity index (χ0v) is 19.7. The third kappa shape index (κ3) is 5.00. The minimum Gasteiger partial charge on any atom is -0.382 e. The highest BCUT2D eigenvalue weighted by Gasteiger charge is 2.27. The molecule has 0 radical (unpaired) electrons. The van der Waals surface area contributed by atoms with Crippen LogP contribution in [0.2, 0.25) is 0 Å². The lowest BCUT2D eigenvalue weighted by molar-refractivity contribution is 0.107. The highest BCUT2D eigenvalue weighted by molar-refractivity contribution is 5.59. The molecule has 1 N–H and O–H groups in total. The molecule has 0 atom stereocenters. The summed E-state index contributed by atoms with van der Waals surface area (Å²) in [6, 6.07) is 8.02. The van der Waals surface area contributed by atoms with Gasteiger partial charge in [0, 0.05) is 25.5 Å². The number of anilines is 1. The zero-order chi connectivity index (χ0) is 23.6. The number of halogens is 1. The smallest absolute Gasteiger partial charge is 0.333 e. The minimum atomic E-state index is -0.585. The fourth-order valence-corrected chi connectivity index (χ4v) is 4.48. The highest BCUT2D eigenvalue weighted by Crippen LogP contribution is 2.27. The van der Waals surface area contributed by atoms with Gasteiger partial charge in [0.05, 0.1) is 29.2 Å². The molecule has 33 heavy (non-hydrogen) atoms. The van der Waals surface area contributed by atoms with Gasteiger partial charge in [0.2, 0.25) is 5.95 Å². The van der Waals surface area contributed by atoms with Gasteiger partial charge in [-0.3, -0.25) is 9.13 Å². The first-order valence-electron chi connectivity index (χ1n) is 11.5. The van der Waals surface area contributed by atoms with Crippen molar-refractivity contribution in [1.29, 1.82) is 0 Å². The molecule has 3 aromatic rings. The van der Waals surface area contributed by atoms with E-state index in [9.17, 15) is 9.18 Å².